The van der Waals surface area contributed by atoms with Crippen molar-refractivity contribution in [2.75, 3.05) is 6.54 Å². The Bertz CT molecular complexity index is 1700. The maximum Gasteiger partial charge on any atom is 0.305 e. The van der Waals surface area contributed by atoms with Gasteiger partial charge >= 0.3 is 5.97 Å². The topological polar surface area (TPSA) is 301 Å². The molecule has 0 fully saturated rings. The molecule has 12 N–H and O–H groups in total. The van der Waals surface area contributed by atoms with Crippen molar-refractivity contribution in [1.29, 1.82) is 0 Å². The number of aromatic hydroxyl groups is 1. The van der Waals surface area contributed by atoms with E-state index in [4.69, 9.17) is 11.5 Å². The Kier molecular flexibility index (Phi) is 17.9. The van der Waals surface area contributed by atoms with E-state index in [0.29, 0.717) is 11.1 Å². The summed E-state index contributed by atoms with van der Waals surface area (Å²) in [5.74, 6) is -8.88. The summed E-state index contributed by atoms with van der Waals surface area (Å²) >= 11 is 0. The Balaban J connectivity index is 2.29. The lowest BCUT2D eigenvalue weighted by Crippen LogP contribution is -2.61. The van der Waals surface area contributed by atoms with Crippen LogP contribution >= 0.6 is 0 Å². The van der Waals surface area contributed by atoms with E-state index in [9.17, 15) is 48.6 Å². The Labute approximate surface area is 325 Å². The first-order valence-electron chi connectivity index (χ1n) is 18.1. The second-order valence-corrected chi connectivity index (χ2v) is 14.2. The predicted octanol–water partition coefficient (Wildman–Crippen LogP) is -1.10. The first-order chi connectivity index (χ1) is 26.2. The van der Waals surface area contributed by atoms with E-state index in [1.807, 2.05) is 0 Å². The normalized spacial score (nSPS) is 14.8. The van der Waals surface area contributed by atoms with Crippen LogP contribution < -0.4 is 43.4 Å². The fraction of sp³-hybridized carbons (Fsp3) is 0.474. The third kappa shape index (κ3) is 14.7. The minimum atomic E-state index is -1.73. The monoisotopic (exact) mass is 782 g/mol. The highest BCUT2D eigenvalue weighted by Gasteiger charge is 2.36. The highest BCUT2D eigenvalue weighted by atomic mass is 16.4. The van der Waals surface area contributed by atoms with Crippen LogP contribution in [0.1, 0.15) is 65.0 Å². The van der Waals surface area contributed by atoms with Gasteiger partial charge in [0.2, 0.25) is 41.4 Å². The van der Waals surface area contributed by atoms with Gasteiger partial charge in [-0.2, -0.15) is 0 Å². The molecular formula is C38H54N8O10. The number of aliphatic carboxylic acids is 1. The molecule has 0 aliphatic heterocycles. The second-order valence-electron chi connectivity index (χ2n) is 14.2. The van der Waals surface area contributed by atoms with Gasteiger partial charge in [-0.15, -0.1) is 0 Å². The molecule has 0 aliphatic rings. The van der Waals surface area contributed by atoms with Crippen LogP contribution in [0.3, 0.4) is 0 Å². The number of amides is 7. The summed E-state index contributed by atoms with van der Waals surface area (Å²) in [6.07, 6.45) is -0.798. The zero-order chi connectivity index (χ0) is 42.3. The average Bonchev–Trinajstić information content (AvgIpc) is 3.13. The third-order valence-electron chi connectivity index (χ3n) is 8.83. The van der Waals surface area contributed by atoms with Gasteiger partial charge in [0.1, 0.15) is 36.0 Å². The molecule has 0 aromatic heterocycles. The van der Waals surface area contributed by atoms with Crippen molar-refractivity contribution >= 4 is 47.3 Å². The highest BCUT2D eigenvalue weighted by Crippen LogP contribution is 2.20. The Hall–Kier alpha value is -6.04. The average molecular weight is 783 g/mol. The van der Waals surface area contributed by atoms with Gasteiger partial charge in [-0.05, 0) is 48.4 Å². The van der Waals surface area contributed by atoms with E-state index in [2.05, 4.69) is 31.9 Å². The molecule has 2 rings (SSSR count). The predicted molar refractivity (Wildman–Crippen MR) is 204 cm³/mol. The smallest absolute Gasteiger partial charge is 0.305 e. The number of hydrogen-bond acceptors (Lipinski definition) is 10. The maximum absolute atomic E-state index is 13.9. The molecule has 18 nitrogen and oxygen atoms in total. The molecule has 7 amide bonds. The lowest BCUT2D eigenvalue weighted by Gasteiger charge is -2.30. The summed E-state index contributed by atoms with van der Waals surface area (Å²) in [6, 6.07) is 6.87. The van der Waals surface area contributed by atoms with Crippen molar-refractivity contribution in [2.45, 2.75) is 96.6 Å². The molecule has 18 heteroatoms. The van der Waals surface area contributed by atoms with E-state index in [0.717, 1.165) is 0 Å². The Morgan fingerprint density at radius 3 is 1.68 bits per heavy atom. The number of hydrogen-bond donors (Lipinski definition) is 10. The van der Waals surface area contributed by atoms with Gasteiger partial charge in [0, 0.05) is 5.92 Å². The maximum atomic E-state index is 13.9. The molecule has 2 aromatic rings. The van der Waals surface area contributed by atoms with Crippen molar-refractivity contribution in [2.24, 2.45) is 23.3 Å². The molecule has 0 radical (unpaired) electrons. The lowest BCUT2D eigenvalue weighted by molar-refractivity contribution is -0.142. The van der Waals surface area contributed by atoms with Crippen LogP contribution in [0.25, 0.3) is 0 Å². The minimum Gasteiger partial charge on any atom is -0.508 e. The van der Waals surface area contributed by atoms with Gasteiger partial charge in [0.05, 0.1) is 19.0 Å². The summed E-state index contributed by atoms with van der Waals surface area (Å²) in [5.41, 5.74) is 12.4. The molecular weight excluding hydrogens is 728 g/mol. The number of phenolic OH excluding ortho intramolecular Hbond substituents is 1. The number of carboxylic acid groups (broad SMARTS) is 1. The van der Waals surface area contributed by atoms with Gasteiger partial charge < -0.3 is 53.6 Å². The first-order valence-corrected chi connectivity index (χ1v) is 18.1. The standard InChI is InChI=1S/C38H54N8O10/c1-19(2)30(36(54)41-18-28(40)48)45-37(55)31(20(3)4)44-35(53)27(17-29(49)50)43-38(56)32(21(5)24-10-8-7-9-11-24)46-33(51)22(6)42-34(52)26(39)16-23-12-14-25(47)15-13-23/h7-15,19-22,26-27,30-32,47H,16-18,39H2,1-6H3,(H2,40,48)(H,41,54)(H,42,52)(H,43,56)(H,44,53)(H,45,55)(H,46,51)(H,49,50)/t21-,22-,26+,27+,30+,31+,32+/m1/s1. The molecule has 0 aliphatic carbocycles. The molecule has 2 aromatic carbocycles. The summed E-state index contributed by atoms with van der Waals surface area (Å²) in [7, 11) is 0. The van der Waals surface area contributed by atoms with Crippen molar-refractivity contribution in [3.05, 3.63) is 65.7 Å². The van der Waals surface area contributed by atoms with Crippen LogP contribution in [0.5, 0.6) is 5.75 Å². The number of nitrogens with one attached hydrogen (secondary N) is 6. The SMILES string of the molecule is CC(C)[C@H](NC(=O)[C@H](CC(=O)O)NC(=O)[C@@H](NC(=O)[C@@H](C)NC(=O)[C@@H](N)Cc1ccc(O)cc1)[C@H](C)c1ccccc1)C(=O)N[C@H](C(=O)NCC(N)=O)C(C)C. The number of carbonyl (C=O) groups is 8. The number of nitrogens with two attached hydrogens (primary N) is 2. The van der Waals surface area contributed by atoms with Crippen LogP contribution in [-0.2, 0) is 44.8 Å². The molecule has 0 saturated carbocycles. The third-order valence-corrected chi connectivity index (χ3v) is 8.83. The second kappa shape index (κ2) is 21.7. The van der Waals surface area contributed by atoms with Crippen molar-refractivity contribution < 1.29 is 48.6 Å². The van der Waals surface area contributed by atoms with Gasteiger partial charge in [-0.25, -0.2) is 0 Å². The van der Waals surface area contributed by atoms with Crippen molar-refractivity contribution in [3.8, 4) is 5.75 Å². The van der Waals surface area contributed by atoms with Gasteiger partial charge in [-0.1, -0.05) is 77.1 Å². The molecule has 0 saturated heterocycles. The summed E-state index contributed by atoms with van der Waals surface area (Å²) in [4.78, 5) is 103. The molecule has 56 heavy (non-hydrogen) atoms. The number of phenols is 1. The summed E-state index contributed by atoms with van der Waals surface area (Å²) < 4.78 is 0. The molecule has 0 heterocycles. The van der Waals surface area contributed by atoms with E-state index >= 15 is 0 Å². The lowest BCUT2D eigenvalue weighted by atomic mass is 9.92. The summed E-state index contributed by atoms with van der Waals surface area (Å²) in [6.45, 7) is 9.03. The highest BCUT2D eigenvalue weighted by molar-refractivity contribution is 5.98. The van der Waals surface area contributed by atoms with Crippen LogP contribution in [-0.4, -0.2) is 100 Å². The molecule has 0 unspecified atom stereocenters. The number of rotatable bonds is 21. The Morgan fingerprint density at radius 2 is 1.14 bits per heavy atom. The van der Waals surface area contributed by atoms with Crippen LogP contribution in [0.15, 0.2) is 54.6 Å². The first kappa shape index (κ1) is 46.1. The van der Waals surface area contributed by atoms with Crippen molar-refractivity contribution in [3.63, 3.8) is 0 Å². The van der Waals surface area contributed by atoms with E-state index < -0.39 is 114 Å². The van der Waals surface area contributed by atoms with Crippen LogP contribution in [0.2, 0.25) is 0 Å². The van der Waals surface area contributed by atoms with Gasteiger partial charge in [0.25, 0.3) is 0 Å². The molecule has 7 atom stereocenters. The van der Waals surface area contributed by atoms with E-state index in [1.54, 1.807) is 77.1 Å². The van der Waals surface area contributed by atoms with E-state index in [1.165, 1.54) is 19.1 Å². The molecule has 0 bridgehead atoms. The zero-order valence-corrected chi connectivity index (χ0v) is 32.3. The largest absolute Gasteiger partial charge is 0.508 e. The molecule has 0 spiro atoms. The fourth-order valence-corrected chi connectivity index (χ4v) is 5.51. The Morgan fingerprint density at radius 1 is 0.625 bits per heavy atom. The zero-order valence-electron chi connectivity index (χ0n) is 32.3. The number of carbonyl (C=O) groups excluding carboxylic acids is 7. The summed E-state index contributed by atoms with van der Waals surface area (Å²) in [5, 5.41) is 34.1. The quantitative estimate of drug-likeness (QED) is 0.0725. The number of carboxylic acids is 1. The van der Waals surface area contributed by atoms with Gasteiger partial charge in [0.15, 0.2) is 0 Å². The fourth-order valence-electron chi connectivity index (χ4n) is 5.51. The van der Waals surface area contributed by atoms with Gasteiger partial charge in [-0.3, -0.25) is 38.4 Å². The molecule has 306 valence electrons. The van der Waals surface area contributed by atoms with E-state index in [-0.39, 0.29) is 12.2 Å². The van der Waals surface area contributed by atoms with Crippen LogP contribution in [0.4, 0.5) is 0 Å². The number of benzene rings is 2. The van der Waals surface area contributed by atoms with Crippen molar-refractivity contribution in [1.82, 2.24) is 31.9 Å². The van der Waals surface area contributed by atoms with Crippen LogP contribution in [0, 0.1) is 11.8 Å². The minimum absolute atomic E-state index is 0.0421. The number of primary amides is 1.